The third-order valence-corrected chi connectivity index (χ3v) is 13.5. The minimum absolute atomic E-state index is 0.0699. The van der Waals surface area contributed by atoms with E-state index in [1.54, 1.807) is 0 Å². The molecule has 0 N–H and O–H groups in total. The van der Waals surface area contributed by atoms with E-state index in [1.165, 1.54) is 212 Å². The fraction of sp³-hybridized carbons (Fsp3) is 0.885. The van der Waals surface area contributed by atoms with E-state index in [4.69, 9.17) is 14.2 Å². The molecule has 6 nitrogen and oxygen atoms in total. The Morgan fingerprint density at radius 1 is 0.299 bits per heavy atom. The van der Waals surface area contributed by atoms with E-state index in [-0.39, 0.29) is 31.1 Å². The lowest BCUT2D eigenvalue weighted by Crippen LogP contribution is -2.30. The predicted molar refractivity (Wildman–Crippen MR) is 289 cm³/mol. The van der Waals surface area contributed by atoms with Crippen molar-refractivity contribution >= 4 is 17.9 Å². The smallest absolute Gasteiger partial charge is 0.306 e. The van der Waals surface area contributed by atoms with Crippen molar-refractivity contribution in [3.8, 4) is 0 Å². The average molecular weight is 944 g/mol. The molecular formula is C61H114O6. The van der Waals surface area contributed by atoms with E-state index in [0.717, 1.165) is 77.0 Å². The number of allylic oxidation sites excluding steroid dienone is 4. The molecule has 0 spiro atoms. The molecule has 0 aliphatic heterocycles. The van der Waals surface area contributed by atoms with Gasteiger partial charge in [-0.1, -0.05) is 289 Å². The third-order valence-electron chi connectivity index (χ3n) is 13.5. The molecule has 0 unspecified atom stereocenters. The van der Waals surface area contributed by atoms with E-state index in [1.807, 2.05) is 0 Å². The molecule has 0 aromatic heterocycles. The van der Waals surface area contributed by atoms with Crippen LogP contribution in [0.3, 0.4) is 0 Å². The zero-order valence-corrected chi connectivity index (χ0v) is 45.2. The van der Waals surface area contributed by atoms with Crippen molar-refractivity contribution in [3.63, 3.8) is 0 Å². The van der Waals surface area contributed by atoms with Crippen LogP contribution in [-0.4, -0.2) is 37.2 Å². The lowest BCUT2D eigenvalue weighted by molar-refractivity contribution is -0.167. The molecule has 0 aliphatic rings. The fourth-order valence-electron chi connectivity index (χ4n) is 8.93. The standard InChI is InChI=1S/C61H114O6/c1-4-7-10-13-16-19-22-25-28-30-31-32-34-36-39-42-45-48-51-54-60(63)66-57-58(56-65-59(62)53-50-47-44-41-38-35-27-24-21-18-15-12-9-6-3)67-61(64)55-52-49-46-43-40-37-33-29-26-23-20-17-14-11-8-5-2/h15,18,24,27,58H,4-14,16-17,19-23,25-26,28-57H2,1-3H3/b18-15-,27-24-/t58-/m1/s1. The fourth-order valence-corrected chi connectivity index (χ4v) is 8.93. The summed E-state index contributed by atoms with van der Waals surface area (Å²) in [5, 5.41) is 0. The number of esters is 3. The van der Waals surface area contributed by atoms with Gasteiger partial charge in [0.05, 0.1) is 0 Å². The molecule has 6 heteroatoms. The summed E-state index contributed by atoms with van der Waals surface area (Å²) in [6.07, 6.45) is 66.0. The number of ether oxygens (including phenoxy) is 3. The quantitative estimate of drug-likeness (QED) is 0.0262. The Kier molecular flexibility index (Phi) is 54.7. The molecule has 0 radical (unpaired) electrons. The second kappa shape index (κ2) is 56.5. The van der Waals surface area contributed by atoms with Gasteiger partial charge in [-0.15, -0.1) is 0 Å². The molecule has 67 heavy (non-hydrogen) atoms. The first kappa shape index (κ1) is 64.9. The lowest BCUT2D eigenvalue weighted by atomic mass is 10.0. The first-order valence-electron chi connectivity index (χ1n) is 29.8. The zero-order valence-electron chi connectivity index (χ0n) is 45.2. The van der Waals surface area contributed by atoms with Crippen molar-refractivity contribution in [1.29, 1.82) is 0 Å². The minimum Gasteiger partial charge on any atom is -0.462 e. The van der Waals surface area contributed by atoms with Gasteiger partial charge in [-0.25, -0.2) is 0 Å². The maximum absolute atomic E-state index is 12.9. The van der Waals surface area contributed by atoms with Crippen molar-refractivity contribution in [2.24, 2.45) is 0 Å². The highest BCUT2D eigenvalue weighted by Crippen LogP contribution is 2.17. The molecule has 0 saturated heterocycles. The van der Waals surface area contributed by atoms with Gasteiger partial charge in [0.2, 0.25) is 0 Å². The van der Waals surface area contributed by atoms with E-state index >= 15 is 0 Å². The van der Waals surface area contributed by atoms with Crippen LogP contribution >= 0.6 is 0 Å². The van der Waals surface area contributed by atoms with Gasteiger partial charge in [-0.3, -0.25) is 14.4 Å². The van der Waals surface area contributed by atoms with Crippen molar-refractivity contribution in [2.75, 3.05) is 13.2 Å². The third kappa shape index (κ3) is 54.7. The molecule has 0 heterocycles. The van der Waals surface area contributed by atoms with Crippen LogP contribution in [0.1, 0.15) is 329 Å². The Hall–Kier alpha value is -2.11. The van der Waals surface area contributed by atoms with Crippen molar-refractivity contribution in [2.45, 2.75) is 335 Å². The number of carbonyl (C=O) groups excluding carboxylic acids is 3. The highest BCUT2D eigenvalue weighted by atomic mass is 16.6. The monoisotopic (exact) mass is 943 g/mol. The molecule has 0 amide bonds. The lowest BCUT2D eigenvalue weighted by Gasteiger charge is -2.18. The summed E-state index contributed by atoms with van der Waals surface area (Å²) in [4.78, 5) is 38.2. The number of hydrogen-bond acceptors (Lipinski definition) is 6. The number of hydrogen-bond donors (Lipinski definition) is 0. The molecule has 0 saturated carbocycles. The predicted octanol–water partition coefficient (Wildman–Crippen LogP) is 19.9. The molecule has 0 fully saturated rings. The topological polar surface area (TPSA) is 78.9 Å². The van der Waals surface area contributed by atoms with Crippen LogP contribution in [0.4, 0.5) is 0 Å². The van der Waals surface area contributed by atoms with Gasteiger partial charge in [-0.2, -0.15) is 0 Å². The van der Waals surface area contributed by atoms with Crippen LogP contribution in [0.2, 0.25) is 0 Å². The first-order chi connectivity index (χ1) is 33.0. The van der Waals surface area contributed by atoms with Crippen molar-refractivity contribution < 1.29 is 28.6 Å². The van der Waals surface area contributed by atoms with Crippen molar-refractivity contribution in [3.05, 3.63) is 24.3 Å². The maximum Gasteiger partial charge on any atom is 0.306 e. The van der Waals surface area contributed by atoms with Crippen LogP contribution in [0.25, 0.3) is 0 Å². The summed E-state index contributed by atoms with van der Waals surface area (Å²) in [5.74, 6) is -0.861. The highest BCUT2D eigenvalue weighted by molar-refractivity contribution is 5.71. The molecule has 0 aromatic rings. The van der Waals surface area contributed by atoms with Gasteiger partial charge in [0, 0.05) is 19.3 Å². The van der Waals surface area contributed by atoms with Crippen LogP contribution in [0, 0.1) is 0 Å². The molecule has 0 rings (SSSR count). The van der Waals surface area contributed by atoms with E-state index in [2.05, 4.69) is 45.1 Å². The highest BCUT2D eigenvalue weighted by Gasteiger charge is 2.19. The Bertz CT molecular complexity index is 1080. The first-order valence-corrected chi connectivity index (χ1v) is 29.8. The average Bonchev–Trinajstić information content (AvgIpc) is 3.33. The largest absolute Gasteiger partial charge is 0.462 e. The zero-order chi connectivity index (χ0) is 48.6. The Morgan fingerprint density at radius 3 is 0.866 bits per heavy atom. The van der Waals surface area contributed by atoms with Crippen molar-refractivity contribution in [1.82, 2.24) is 0 Å². The van der Waals surface area contributed by atoms with Gasteiger partial charge in [0.25, 0.3) is 0 Å². The second-order valence-corrected chi connectivity index (χ2v) is 20.3. The number of unbranched alkanes of at least 4 members (excludes halogenated alkanes) is 40. The van der Waals surface area contributed by atoms with Gasteiger partial charge in [0.15, 0.2) is 6.10 Å². The van der Waals surface area contributed by atoms with Crippen LogP contribution in [0.5, 0.6) is 0 Å². The summed E-state index contributed by atoms with van der Waals surface area (Å²) in [6, 6.07) is 0. The SMILES string of the molecule is CCCC/C=C\C/C=C\CCCCCCCC(=O)OC[C@H](COC(=O)CCCCCCCCCCCCCCCCCCCCC)OC(=O)CCCCCCCCCCCCCCCCCC. The summed E-state index contributed by atoms with van der Waals surface area (Å²) in [6.45, 7) is 6.65. The Labute approximate surface area is 417 Å². The molecule has 394 valence electrons. The molecule has 0 aromatic carbocycles. The van der Waals surface area contributed by atoms with Crippen LogP contribution in [-0.2, 0) is 28.6 Å². The molecular weight excluding hydrogens is 829 g/mol. The minimum atomic E-state index is -0.772. The van der Waals surface area contributed by atoms with Crippen LogP contribution in [0.15, 0.2) is 24.3 Å². The number of carbonyl (C=O) groups is 3. The molecule has 1 atom stereocenters. The van der Waals surface area contributed by atoms with Gasteiger partial charge in [-0.05, 0) is 44.9 Å². The molecule has 0 bridgehead atoms. The second-order valence-electron chi connectivity index (χ2n) is 20.3. The summed E-state index contributed by atoms with van der Waals surface area (Å²) in [5.41, 5.74) is 0. The molecule has 0 aliphatic carbocycles. The number of rotatable bonds is 55. The van der Waals surface area contributed by atoms with E-state index in [0.29, 0.717) is 19.3 Å². The van der Waals surface area contributed by atoms with Gasteiger partial charge in [0.1, 0.15) is 13.2 Å². The van der Waals surface area contributed by atoms with E-state index < -0.39 is 6.10 Å². The van der Waals surface area contributed by atoms with Gasteiger partial charge >= 0.3 is 17.9 Å². The summed E-state index contributed by atoms with van der Waals surface area (Å²) in [7, 11) is 0. The van der Waals surface area contributed by atoms with E-state index in [9.17, 15) is 14.4 Å². The van der Waals surface area contributed by atoms with Crippen LogP contribution < -0.4 is 0 Å². The maximum atomic E-state index is 12.9. The summed E-state index contributed by atoms with van der Waals surface area (Å²) >= 11 is 0. The van der Waals surface area contributed by atoms with Gasteiger partial charge < -0.3 is 14.2 Å². The Morgan fingerprint density at radius 2 is 0.552 bits per heavy atom. The Balaban J connectivity index is 4.31. The normalized spacial score (nSPS) is 12.1. The summed E-state index contributed by atoms with van der Waals surface area (Å²) < 4.78 is 16.9.